The number of fused-ring (bicyclic) bond motifs is 1. The van der Waals surface area contributed by atoms with Gasteiger partial charge in [-0.3, -0.25) is 4.90 Å². The standard InChI is InChI=1S/C23H25N3O3/c1-2-6-17(7-3-1)9-11-19-8-4-5-13-26(19)15-22-24-23(25-29-22)18-10-12-20-21(14-18)28-16-27-20/h1-3,6-7,10,12,14,19H,4-5,8-9,11,13,15-16H2. The van der Waals surface area contributed by atoms with E-state index < -0.39 is 0 Å². The van der Waals surface area contributed by atoms with Gasteiger partial charge in [0.05, 0.1) is 6.54 Å². The quantitative estimate of drug-likeness (QED) is 0.619. The molecular formula is C23H25N3O3. The zero-order chi connectivity index (χ0) is 19.5. The predicted molar refractivity (Wildman–Crippen MR) is 109 cm³/mol. The van der Waals surface area contributed by atoms with Gasteiger partial charge in [-0.2, -0.15) is 4.98 Å². The van der Waals surface area contributed by atoms with Gasteiger partial charge < -0.3 is 14.0 Å². The lowest BCUT2D eigenvalue weighted by atomic mass is 9.96. The molecule has 29 heavy (non-hydrogen) atoms. The Kier molecular flexibility index (Phi) is 5.17. The number of piperidine rings is 1. The molecule has 0 radical (unpaired) electrons. The van der Waals surface area contributed by atoms with E-state index in [9.17, 15) is 0 Å². The van der Waals surface area contributed by atoms with Crippen LogP contribution >= 0.6 is 0 Å². The summed E-state index contributed by atoms with van der Waals surface area (Å²) in [7, 11) is 0. The fraction of sp³-hybridized carbons (Fsp3) is 0.391. The van der Waals surface area contributed by atoms with Crippen molar-refractivity contribution in [2.75, 3.05) is 13.3 Å². The lowest BCUT2D eigenvalue weighted by molar-refractivity contribution is 0.117. The third-order valence-corrected chi connectivity index (χ3v) is 5.80. The van der Waals surface area contributed by atoms with Crippen LogP contribution in [0.25, 0.3) is 11.4 Å². The summed E-state index contributed by atoms with van der Waals surface area (Å²) in [6.07, 6.45) is 6.02. The Morgan fingerprint density at radius 2 is 1.90 bits per heavy atom. The van der Waals surface area contributed by atoms with Crippen molar-refractivity contribution in [3.8, 4) is 22.9 Å². The van der Waals surface area contributed by atoms with Crippen molar-refractivity contribution in [2.45, 2.75) is 44.7 Å². The summed E-state index contributed by atoms with van der Waals surface area (Å²) in [6, 6.07) is 17.0. The molecule has 3 aromatic rings. The van der Waals surface area contributed by atoms with Crippen molar-refractivity contribution in [1.82, 2.24) is 15.0 Å². The summed E-state index contributed by atoms with van der Waals surface area (Å²) < 4.78 is 16.4. The Morgan fingerprint density at radius 3 is 2.83 bits per heavy atom. The van der Waals surface area contributed by atoms with E-state index in [1.54, 1.807) is 0 Å². The SMILES string of the molecule is c1ccc(CCC2CCCCN2Cc2nc(-c3ccc4c(c3)OCO4)no2)cc1. The molecule has 0 aliphatic carbocycles. The molecule has 6 nitrogen and oxygen atoms in total. The molecule has 2 aliphatic heterocycles. The van der Waals surface area contributed by atoms with E-state index >= 15 is 0 Å². The fourth-order valence-electron chi connectivity index (χ4n) is 4.22. The van der Waals surface area contributed by atoms with Crippen LogP contribution in [0.2, 0.25) is 0 Å². The number of rotatable bonds is 6. The molecule has 150 valence electrons. The highest BCUT2D eigenvalue weighted by atomic mass is 16.7. The van der Waals surface area contributed by atoms with Gasteiger partial charge in [-0.1, -0.05) is 41.9 Å². The molecule has 0 bridgehead atoms. The first-order chi connectivity index (χ1) is 14.3. The number of likely N-dealkylation sites (tertiary alicyclic amines) is 1. The van der Waals surface area contributed by atoms with E-state index in [4.69, 9.17) is 14.0 Å². The molecular weight excluding hydrogens is 366 g/mol. The maximum atomic E-state index is 5.58. The molecule has 0 saturated carbocycles. The summed E-state index contributed by atoms with van der Waals surface area (Å²) in [5, 5.41) is 4.19. The van der Waals surface area contributed by atoms with Gasteiger partial charge in [0.1, 0.15) is 0 Å². The van der Waals surface area contributed by atoms with Gasteiger partial charge in [0.25, 0.3) is 0 Å². The third-order valence-electron chi connectivity index (χ3n) is 5.80. The van der Waals surface area contributed by atoms with E-state index in [-0.39, 0.29) is 6.79 Å². The Balaban J connectivity index is 1.25. The van der Waals surface area contributed by atoms with Crippen LogP contribution in [-0.2, 0) is 13.0 Å². The first-order valence-corrected chi connectivity index (χ1v) is 10.4. The van der Waals surface area contributed by atoms with Gasteiger partial charge in [-0.05, 0) is 56.0 Å². The van der Waals surface area contributed by atoms with Crippen LogP contribution in [0.3, 0.4) is 0 Å². The third kappa shape index (κ3) is 4.12. The van der Waals surface area contributed by atoms with Crippen LogP contribution in [0.15, 0.2) is 53.1 Å². The topological polar surface area (TPSA) is 60.6 Å². The molecule has 1 aromatic heterocycles. The first-order valence-electron chi connectivity index (χ1n) is 10.4. The van der Waals surface area contributed by atoms with Crippen molar-refractivity contribution in [1.29, 1.82) is 0 Å². The maximum Gasteiger partial charge on any atom is 0.241 e. The van der Waals surface area contributed by atoms with Crippen molar-refractivity contribution < 1.29 is 14.0 Å². The van der Waals surface area contributed by atoms with E-state index in [0.29, 0.717) is 24.3 Å². The normalized spacial score (nSPS) is 18.8. The number of hydrogen-bond donors (Lipinski definition) is 0. The summed E-state index contributed by atoms with van der Waals surface area (Å²) >= 11 is 0. The van der Waals surface area contributed by atoms with Crippen LogP contribution in [0.5, 0.6) is 11.5 Å². The molecule has 3 heterocycles. The molecule has 2 aliphatic rings. The van der Waals surface area contributed by atoms with Crippen LogP contribution in [0.4, 0.5) is 0 Å². The van der Waals surface area contributed by atoms with Crippen molar-refractivity contribution in [3.05, 3.63) is 60.0 Å². The lowest BCUT2D eigenvalue weighted by Gasteiger charge is -2.34. The number of aromatic nitrogens is 2. The van der Waals surface area contributed by atoms with Crippen LogP contribution in [0.1, 0.15) is 37.1 Å². The van der Waals surface area contributed by atoms with E-state index in [2.05, 4.69) is 45.4 Å². The monoisotopic (exact) mass is 391 g/mol. The van der Waals surface area contributed by atoms with Crippen molar-refractivity contribution in [3.63, 3.8) is 0 Å². The van der Waals surface area contributed by atoms with E-state index in [1.165, 1.54) is 24.8 Å². The van der Waals surface area contributed by atoms with Gasteiger partial charge >= 0.3 is 0 Å². The molecule has 6 heteroatoms. The molecule has 1 fully saturated rings. The lowest BCUT2D eigenvalue weighted by Crippen LogP contribution is -2.39. The highest BCUT2D eigenvalue weighted by molar-refractivity contribution is 5.61. The van der Waals surface area contributed by atoms with Gasteiger partial charge in [-0.25, -0.2) is 0 Å². The van der Waals surface area contributed by atoms with Gasteiger partial charge in [0.15, 0.2) is 11.5 Å². The Morgan fingerprint density at radius 1 is 1.00 bits per heavy atom. The second-order valence-electron chi connectivity index (χ2n) is 7.72. The zero-order valence-electron chi connectivity index (χ0n) is 16.4. The summed E-state index contributed by atoms with van der Waals surface area (Å²) in [6.45, 7) is 2.05. The van der Waals surface area contributed by atoms with Crippen LogP contribution in [-0.4, -0.2) is 34.4 Å². The second-order valence-corrected chi connectivity index (χ2v) is 7.72. The average Bonchev–Trinajstić information content (AvgIpc) is 3.43. The highest BCUT2D eigenvalue weighted by Gasteiger charge is 2.24. The molecule has 2 aromatic carbocycles. The number of hydrogen-bond acceptors (Lipinski definition) is 6. The number of ether oxygens (including phenoxy) is 2. The predicted octanol–water partition coefficient (Wildman–Crippen LogP) is 4.45. The molecule has 0 spiro atoms. The number of nitrogens with zero attached hydrogens (tertiary/aromatic N) is 3. The minimum atomic E-state index is 0.260. The molecule has 5 rings (SSSR count). The minimum Gasteiger partial charge on any atom is -0.454 e. The van der Waals surface area contributed by atoms with Crippen molar-refractivity contribution in [2.24, 2.45) is 0 Å². The molecule has 0 N–H and O–H groups in total. The summed E-state index contributed by atoms with van der Waals surface area (Å²) in [5.74, 6) is 2.75. The molecule has 1 saturated heterocycles. The van der Waals surface area contributed by atoms with E-state index in [0.717, 1.165) is 36.4 Å². The average molecular weight is 391 g/mol. The summed E-state index contributed by atoms with van der Waals surface area (Å²) in [5.41, 5.74) is 2.28. The van der Waals surface area contributed by atoms with Gasteiger partial charge in [0.2, 0.25) is 18.5 Å². The van der Waals surface area contributed by atoms with E-state index in [1.807, 2.05) is 18.2 Å². The van der Waals surface area contributed by atoms with Crippen LogP contribution < -0.4 is 9.47 Å². The zero-order valence-corrected chi connectivity index (χ0v) is 16.4. The Labute approximate surface area is 170 Å². The van der Waals surface area contributed by atoms with Gasteiger partial charge in [-0.15, -0.1) is 0 Å². The smallest absolute Gasteiger partial charge is 0.241 e. The number of aryl methyl sites for hydroxylation is 1. The fourth-order valence-corrected chi connectivity index (χ4v) is 4.22. The van der Waals surface area contributed by atoms with Gasteiger partial charge in [0, 0.05) is 11.6 Å². The maximum absolute atomic E-state index is 5.58. The summed E-state index contributed by atoms with van der Waals surface area (Å²) in [4.78, 5) is 7.14. The second kappa shape index (κ2) is 8.25. The number of benzene rings is 2. The largest absolute Gasteiger partial charge is 0.454 e. The first kappa shape index (κ1) is 18.2. The Hall–Kier alpha value is -2.86. The molecule has 1 atom stereocenters. The van der Waals surface area contributed by atoms with Crippen LogP contribution in [0, 0.1) is 0 Å². The molecule has 0 amide bonds. The van der Waals surface area contributed by atoms with Crippen molar-refractivity contribution >= 4 is 0 Å². The minimum absolute atomic E-state index is 0.260. The molecule has 1 unspecified atom stereocenters. The Bertz CT molecular complexity index is 957. The highest BCUT2D eigenvalue weighted by Crippen LogP contribution is 2.35.